The summed E-state index contributed by atoms with van der Waals surface area (Å²) in [6.45, 7) is 3.06. The quantitative estimate of drug-likeness (QED) is 0.727. The molecule has 16 heavy (non-hydrogen) atoms. The summed E-state index contributed by atoms with van der Waals surface area (Å²) in [5, 5.41) is 0. The highest BCUT2D eigenvalue weighted by molar-refractivity contribution is 5.76. The van der Waals surface area contributed by atoms with Crippen LogP contribution >= 0.6 is 0 Å². The van der Waals surface area contributed by atoms with Gasteiger partial charge in [-0.2, -0.15) is 0 Å². The summed E-state index contributed by atoms with van der Waals surface area (Å²) in [5.74, 6) is 0.302. The fourth-order valence-corrected chi connectivity index (χ4v) is 1.55. The van der Waals surface area contributed by atoms with E-state index < -0.39 is 0 Å². The predicted molar refractivity (Wildman–Crippen MR) is 65.1 cm³/mol. The van der Waals surface area contributed by atoms with Gasteiger partial charge in [0.25, 0.3) is 0 Å². The van der Waals surface area contributed by atoms with Gasteiger partial charge in [-0.05, 0) is 31.4 Å². The van der Waals surface area contributed by atoms with Gasteiger partial charge in [-0.25, -0.2) is 0 Å². The maximum Gasteiger partial charge on any atom is 0.222 e. The smallest absolute Gasteiger partial charge is 0.222 e. The van der Waals surface area contributed by atoms with Crippen LogP contribution in [0.5, 0.6) is 0 Å². The van der Waals surface area contributed by atoms with Crippen molar-refractivity contribution in [1.82, 2.24) is 9.88 Å². The number of hydrogen-bond acceptors (Lipinski definition) is 2. The van der Waals surface area contributed by atoms with Gasteiger partial charge in [0.05, 0.1) is 0 Å². The first kappa shape index (κ1) is 12.7. The SMILES string of the molecule is CCc1ccccn1.CN1CCCCC1=O. The minimum atomic E-state index is 0.302. The zero-order valence-electron chi connectivity index (χ0n) is 10.1. The van der Waals surface area contributed by atoms with Gasteiger partial charge in [-0.15, -0.1) is 0 Å². The molecule has 88 valence electrons. The van der Waals surface area contributed by atoms with Crippen LogP contribution in [0, 0.1) is 0 Å². The Hall–Kier alpha value is -1.38. The molecule has 0 bridgehead atoms. The van der Waals surface area contributed by atoms with Crippen molar-refractivity contribution in [3.63, 3.8) is 0 Å². The van der Waals surface area contributed by atoms with Crippen molar-refractivity contribution in [3.8, 4) is 0 Å². The van der Waals surface area contributed by atoms with E-state index in [2.05, 4.69) is 11.9 Å². The number of carbonyl (C=O) groups excluding carboxylic acids is 1. The molecule has 0 atom stereocenters. The Labute approximate surface area is 97.5 Å². The van der Waals surface area contributed by atoms with Crippen molar-refractivity contribution in [3.05, 3.63) is 30.1 Å². The Bertz CT molecular complexity index is 311. The second-order valence-corrected chi connectivity index (χ2v) is 3.95. The van der Waals surface area contributed by atoms with Crippen LogP contribution in [0.25, 0.3) is 0 Å². The fraction of sp³-hybridized carbons (Fsp3) is 0.538. The van der Waals surface area contributed by atoms with E-state index in [0.29, 0.717) is 5.91 Å². The first-order valence-corrected chi connectivity index (χ1v) is 5.88. The molecular formula is C13H20N2O. The molecule has 1 aliphatic rings. The summed E-state index contributed by atoms with van der Waals surface area (Å²) in [7, 11) is 1.86. The van der Waals surface area contributed by atoms with E-state index in [4.69, 9.17) is 0 Å². The summed E-state index contributed by atoms with van der Waals surface area (Å²) in [4.78, 5) is 16.6. The molecule has 0 aliphatic carbocycles. The van der Waals surface area contributed by atoms with Crippen LogP contribution in [0.4, 0.5) is 0 Å². The number of pyridine rings is 1. The maximum absolute atomic E-state index is 10.7. The molecule has 0 spiro atoms. The Kier molecular flexibility index (Phi) is 5.54. The predicted octanol–water partition coefficient (Wildman–Crippen LogP) is 2.27. The van der Waals surface area contributed by atoms with Gasteiger partial charge in [0.1, 0.15) is 0 Å². The summed E-state index contributed by atoms with van der Waals surface area (Å²) >= 11 is 0. The summed E-state index contributed by atoms with van der Waals surface area (Å²) in [5.41, 5.74) is 1.16. The molecule has 1 amide bonds. The molecule has 3 nitrogen and oxygen atoms in total. The van der Waals surface area contributed by atoms with Gasteiger partial charge in [0, 0.05) is 31.9 Å². The van der Waals surface area contributed by atoms with Crippen molar-refractivity contribution >= 4 is 5.91 Å². The van der Waals surface area contributed by atoms with Crippen LogP contribution in [-0.4, -0.2) is 29.4 Å². The molecule has 1 aliphatic heterocycles. The van der Waals surface area contributed by atoms with Crippen LogP contribution in [0.3, 0.4) is 0 Å². The van der Waals surface area contributed by atoms with E-state index in [1.54, 1.807) is 4.90 Å². The third-order valence-corrected chi connectivity index (χ3v) is 2.65. The normalized spacial score (nSPS) is 15.4. The largest absolute Gasteiger partial charge is 0.346 e. The third kappa shape index (κ3) is 4.43. The van der Waals surface area contributed by atoms with E-state index in [1.807, 2.05) is 31.4 Å². The van der Waals surface area contributed by atoms with Gasteiger partial charge < -0.3 is 4.90 Å². The lowest BCUT2D eigenvalue weighted by Crippen LogP contribution is -2.31. The Morgan fingerprint density at radius 1 is 1.38 bits per heavy atom. The van der Waals surface area contributed by atoms with E-state index in [0.717, 1.165) is 31.5 Å². The summed E-state index contributed by atoms with van der Waals surface area (Å²) in [6.07, 6.45) is 5.88. The zero-order valence-corrected chi connectivity index (χ0v) is 10.1. The molecule has 0 unspecified atom stereocenters. The van der Waals surface area contributed by atoms with Gasteiger partial charge in [0.15, 0.2) is 0 Å². The number of aryl methyl sites for hydroxylation is 1. The van der Waals surface area contributed by atoms with Crippen molar-refractivity contribution in [1.29, 1.82) is 0 Å². The number of amides is 1. The number of likely N-dealkylation sites (tertiary alicyclic amines) is 1. The van der Waals surface area contributed by atoms with Gasteiger partial charge in [-0.3, -0.25) is 9.78 Å². The zero-order chi connectivity index (χ0) is 11.8. The highest BCUT2D eigenvalue weighted by atomic mass is 16.2. The van der Waals surface area contributed by atoms with Crippen LogP contribution in [0.15, 0.2) is 24.4 Å². The maximum atomic E-state index is 10.7. The molecule has 0 saturated carbocycles. The van der Waals surface area contributed by atoms with E-state index in [9.17, 15) is 4.79 Å². The molecule has 0 radical (unpaired) electrons. The molecule has 0 N–H and O–H groups in total. The van der Waals surface area contributed by atoms with Crippen LogP contribution in [0.2, 0.25) is 0 Å². The first-order valence-electron chi connectivity index (χ1n) is 5.88. The number of hydrogen-bond donors (Lipinski definition) is 0. The van der Waals surface area contributed by atoms with Crippen LogP contribution < -0.4 is 0 Å². The first-order chi connectivity index (χ1) is 7.74. The molecule has 3 heteroatoms. The number of aromatic nitrogens is 1. The Morgan fingerprint density at radius 2 is 2.19 bits per heavy atom. The van der Waals surface area contributed by atoms with Crippen molar-refractivity contribution in [2.75, 3.05) is 13.6 Å². The number of piperidine rings is 1. The van der Waals surface area contributed by atoms with Crippen LogP contribution in [-0.2, 0) is 11.2 Å². The fourth-order valence-electron chi connectivity index (χ4n) is 1.55. The van der Waals surface area contributed by atoms with Crippen molar-refractivity contribution in [2.24, 2.45) is 0 Å². The van der Waals surface area contributed by atoms with Crippen molar-refractivity contribution in [2.45, 2.75) is 32.6 Å². The number of carbonyl (C=O) groups is 1. The molecule has 1 aromatic heterocycles. The topological polar surface area (TPSA) is 33.2 Å². The molecule has 0 aromatic carbocycles. The third-order valence-electron chi connectivity index (χ3n) is 2.65. The summed E-state index contributed by atoms with van der Waals surface area (Å²) < 4.78 is 0. The highest BCUT2D eigenvalue weighted by Gasteiger charge is 2.12. The van der Waals surface area contributed by atoms with E-state index in [1.165, 1.54) is 6.42 Å². The van der Waals surface area contributed by atoms with E-state index >= 15 is 0 Å². The minimum absolute atomic E-state index is 0.302. The molecule has 1 saturated heterocycles. The van der Waals surface area contributed by atoms with Gasteiger partial charge in [-0.1, -0.05) is 13.0 Å². The standard InChI is InChI=1S/C7H9N.C6H11NO/c1-2-7-5-3-4-6-8-7;1-7-5-3-2-4-6(7)8/h3-6H,2H2,1H3;2-5H2,1H3. The second kappa shape index (κ2) is 6.99. The molecule has 2 heterocycles. The monoisotopic (exact) mass is 220 g/mol. The molecule has 1 fully saturated rings. The lowest BCUT2D eigenvalue weighted by atomic mass is 10.1. The second-order valence-electron chi connectivity index (χ2n) is 3.95. The van der Waals surface area contributed by atoms with E-state index in [-0.39, 0.29) is 0 Å². The molecular weight excluding hydrogens is 200 g/mol. The number of nitrogens with zero attached hydrogens (tertiary/aromatic N) is 2. The molecule has 1 aromatic rings. The Balaban J connectivity index is 0.000000160. The minimum Gasteiger partial charge on any atom is -0.346 e. The molecule has 2 rings (SSSR count). The van der Waals surface area contributed by atoms with Crippen LogP contribution in [0.1, 0.15) is 31.9 Å². The highest BCUT2D eigenvalue weighted by Crippen LogP contribution is 2.06. The lowest BCUT2D eigenvalue weighted by Gasteiger charge is -2.21. The van der Waals surface area contributed by atoms with Gasteiger partial charge in [0.2, 0.25) is 5.91 Å². The Morgan fingerprint density at radius 3 is 2.56 bits per heavy atom. The van der Waals surface area contributed by atoms with Crippen molar-refractivity contribution < 1.29 is 4.79 Å². The lowest BCUT2D eigenvalue weighted by molar-refractivity contribution is -0.131. The van der Waals surface area contributed by atoms with Gasteiger partial charge >= 0.3 is 0 Å². The summed E-state index contributed by atoms with van der Waals surface area (Å²) in [6, 6.07) is 5.96. The number of rotatable bonds is 1. The average Bonchev–Trinajstić information content (AvgIpc) is 2.35. The average molecular weight is 220 g/mol.